The minimum absolute atomic E-state index is 0.0386. The second-order valence-electron chi connectivity index (χ2n) is 3.95. The molecule has 96 valence electrons. The van der Waals surface area contributed by atoms with Gasteiger partial charge in [-0.05, 0) is 25.8 Å². The lowest BCUT2D eigenvalue weighted by molar-refractivity contribution is 0.0904. The Morgan fingerprint density at radius 3 is 2.71 bits per heavy atom. The van der Waals surface area contributed by atoms with Gasteiger partial charge in [0.2, 0.25) is 0 Å². The molecule has 0 unspecified atom stereocenters. The molecule has 0 aliphatic carbocycles. The van der Waals surface area contributed by atoms with Crippen LogP contribution < -0.4 is 5.32 Å². The van der Waals surface area contributed by atoms with Crippen LogP contribution in [0, 0.1) is 0 Å². The van der Waals surface area contributed by atoms with Crippen LogP contribution in [0.25, 0.3) is 0 Å². The first-order valence-electron chi connectivity index (χ1n) is 6.14. The van der Waals surface area contributed by atoms with Crippen molar-refractivity contribution in [3.8, 4) is 0 Å². The van der Waals surface area contributed by atoms with Gasteiger partial charge in [-0.1, -0.05) is 13.8 Å². The van der Waals surface area contributed by atoms with Crippen molar-refractivity contribution in [1.29, 1.82) is 0 Å². The third-order valence-electron chi connectivity index (χ3n) is 2.77. The Morgan fingerprint density at radius 1 is 1.53 bits per heavy atom. The first kappa shape index (κ1) is 13.7. The van der Waals surface area contributed by atoms with Crippen molar-refractivity contribution in [3.05, 3.63) is 17.5 Å². The summed E-state index contributed by atoms with van der Waals surface area (Å²) in [5.74, 6) is -0.167. The number of rotatable bonds is 6. The molecule has 0 aliphatic rings. The van der Waals surface area contributed by atoms with Crippen LogP contribution in [0.1, 0.15) is 43.4 Å². The molecule has 1 aromatic rings. The van der Waals surface area contributed by atoms with Gasteiger partial charge in [-0.3, -0.25) is 9.48 Å². The Labute approximate surface area is 102 Å². The standard InChI is InChI=1S/C12H21N3O2/c1-4-9-7-11(15(6-3)14-9)12(17)13-10(5-2)8-16/h7,10,16H,4-6,8H2,1-3H3,(H,13,17)/t10-/m1/s1. The fourth-order valence-electron chi connectivity index (χ4n) is 1.60. The van der Waals surface area contributed by atoms with E-state index in [4.69, 9.17) is 5.11 Å². The van der Waals surface area contributed by atoms with Crippen molar-refractivity contribution < 1.29 is 9.90 Å². The summed E-state index contributed by atoms with van der Waals surface area (Å²) in [6.45, 7) is 6.51. The van der Waals surface area contributed by atoms with Crippen LogP contribution in [0.2, 0.25) is 0 Å². The van der Waals surface area contributed by atoms with Crippen LogP contribution in [-0.2, 0) is 13.0 Å². The number of nitrogens with zero attached hydrogens (tertiary/aromatic N) is 2. The highest BCUT2D eigenvalue weighted by atomic mass is 16.3. The van der Waals surface area contributed by atoms with Crippen molar-refractivity contribution in [2.75, 3.05) is 6.61 Å². The summed E-state index contributed by atoms with van der Waals surface area (Å²) in [6, 6.07) is 1.62. The molecule has 1 aromatic heterocycles. The Morgan fingerprint density at radius 2 is 2.24 bits per heavy atom. The summed E-state index contributed by atoms with van der Waals surface area (Å²) in [7, 11) is 0. The van der Waals surface area contributed by atoms with Crippen LogP contribution in [0.5, 0.6) is 0 Å². The second kappa shape index (κ2) is 6.39. The number of aliphatic hydroxyl groups excluding tert-OH is 1. The largest absolute Gasteiger partial charge is 0.394 e. The summed E-state index contributed by atoms with van der Waals surface area (Å²) in [5, 5.41) is 16.2. The van der Waals surface area contributed by atoms with E-state index in [-0.39, 0.29) is 18.6 Å². The number of amides is 1. The summed E-state index contributed by atoms with van der Waals surface area (Å²) in [4.78, 5) is 12.0. The van der Waals surface area contributed by atoms with E-state index >= 15 is 0 Å². The SMILES string of the molecule is CCc1cc(C(=O)N[C@H](CC)CO)n(CC)n1. The molecule has 0 radical (unpaired) electrons. The van der Waals surface area contributed by atoms with E-state index in [2.05, 4.69) is 10.4 Å². The maximum atomic E-state index is 12.0. The van der Waals surface area contributed by atoms with E-state index < -0.39 is 0 Å². The molecule has 1 heterocycles. The van der Waals surface area contributed by atoms with Gasteiger partial charge in [0.05, 0.1) is 18.3 Å². The smallest absolute Gasteiger partial charge is 0.269 e. The van der Waals surface area contributed by atoms with E-state index in [9.17, 15) is 4.79 Å². The van der Waals surface area contributed by atoms with Crippen molar-refractivity contribution >= 4 is 5.91 Å². The molecule has 1 atom stereocenters. The lowest BCUT2D eigenvalue weighted by Crippen LogP contribution is -2.37. The summed E-state index contributed by atoms with van der Waals surface area (Å²) in [5.41, 5.74) is 1.48. The molecule has 5 nitrogen and oxygen atoms in total. The highest BCUT2D eigenvalue weighted by Gasteiger charge is 2.16. The van der Waals surface area contributed by atoms with Crippen molar-refractivity contribution in [2.45, 2.75) is 46.2 Å². The number of hydrogen-bond acceptors (Lipinski definition) is 3. The maximum absolute atomic E-state index is 12.0. The van der Waals surface area contributed by atoms with Gasteiger partial charge in [0.25, 0.3) is 5.91 Å². The Kier molecular flexibility index (Phi) is 5.15. The molecule has 0 saturated carbocycles. The van der Waals surface area contributed by atoms with E-state index in [1.165, 1.54) is 0 Å². The Hall–Kier alpha value is -1.36. The molecule has 0 bridgehead atoms. The zero-order valence-corrected chi connectivity index (χ0v) is 10.7. The van der Waals surface area contributed by atoms with Crippen LogP contribution in [0.15, 0.2) is 6.07 Å². The van der Waals surface area contributed by atoms with Crippen LogP contribution in [0.4, 0.5) is 0 Å². The predicted octanol–water partition coefficient (Wildman–Crippen LogP) is 0.966. The van der Waals surface area contributed by atoms with Gasteiger partial charge in [0.1, 0.15) is 5.69 Å². The minimum atomic E-state index is -0.187. The fourth-order valence-corrected chi connectivity index (χ4v) is 1.60. The average Bonchev–Trinajstić information content (AvgIpc) is 2.78. The molecular weight excluding hydrogens is 218 g/mol. The monoisotopic (exact) mass is 239 g/mol. The molecule has 0 aromatic carbocycles. The van der Waals surface area contributed by atoms with Crippen LogP contribution in [0.3, 0.4) is 0 Å². The highest BCUT2D eigenvalue weighted by Crippen LogP contribution is 2.06. The number of aliphatic hydroxyl groups is 1. The van der Waals surface area contributed by atoms with Crippen molar-refractivity contribution in [2.24, 2.45) is 0 Å². The highest BCUT2D eigenvalue weighted by molar-refractivity contribution is 5.92. The Balaban J connectivity index is 2.83. The molecule has 2 N–H and O–H groups in total. The Bertz CT molecular complexity index is 370. The van der Waals surface area contributed by atoms with E-state index in [1.807, 2.05) is 26.8 Å². The topological polar surface area (TPSA) is 67.2 Å². The molecule has 0 fully saturated rings. The van der Waals surface area contributed by atoms with Crippen LogP contribution >= 0.6 is 0 Å². The van der Waals surface area contributed by atoms with E-state index in [0.717, 1.165) is 12.1 Å². The lowest BCUT2D eigenvalue weighted by Gasteiger charge is -2.14. The predicted molar refractivity (Wildman–Crippen MR) is 65.9 cm³/mol. The lowest BCUT2D eigenvalue weighted by atomic mass is 10.2. The molecule has 0 spiro atoms. The molecule has 17 heavy (non-hydrogen) atoms. The zero-order chi connectivity index (χ0) is 12.8. The minimum Gasteiger partial charge on any atom is -0.394 e. The molecule has 1 amide bonds. The summed E-state index contributed by atoms with van der Waals surface area (Å²) in [6.07, 6.45) is 1.52. The third kappa shape index (κ3) is 3.30. The first-order valence-corrected chi connectivity index (χ1v) is 6.14. The van der Waals surface area contributed by atoms with Gasteiger partial charge >= 0.3 is 0 Å². The molecule has 0 saturated heterocycles. The molecule has 1 rings (SSSR count). The fraction of sp³-hybridized carbons (Fsp3) is 0.667. The number of carbonyl (C=O) groups excluding carboxylic acids is 1. The number of hydrogen-bond donors (Lipinski definition) is 2. The molecular formula is C12H21N3O2. The van der Waals surface area contributed by atoms with E-state index in [0.29, 0.717) is 18.7 Å². The van der Waals surface area contributed by atoms with Crippen molar-refractivity contribution in [3.63, 3.8) is 0 Å². The first-order chi connectivity index (χ1) is 8.15. The van der Waals surface area contributed by atoms with Gasteiger partial charge < -0.3 is 10.4 Å². The normalized spacial score (nSPS) is 12.5. The van der Waals surface area contributed by atoms with Crippen molar-refractivity contribution in [1.82, 2.24) is 15.1 Å². The number of aromatic nitrogens is 2. The molecule has 0 aliphatic heterocycles. The third-order valence-corrected chi connectivity index (χ3v) is 2.77. The van der Waals surface area contributed by atoms with Gasteiger partial charge in [0, 0.05) is 6.54 Å². The summed E-state index contributed by atoms with van der Waals surface area (Å²) < 4.78 is 1.69. The average molecular weight is 239 g/mol. The zero-order valence-electron chi connectivity index (χ0n) is 10.7. The quantitative estimate of drug-likeness (QED) is 0.777. The van der Waals surface area contributed by atoms with Gasteiger partial charge in [-0.2, -0.15) is 5.10 Å². The second-order valence-corrected chi connectivity index (χ2v) is 3.95. The number of carbonyl (C=O) groups is 1. The van der Waals surface area contributed by atoms with Gasteiger partial charge in [-0.15, -0.1) is 0 Å². The number of aryl methyl sites for hydroxylation is 2. The van der Waals surface area contributed by atoms with Gasteiger partial charge in [0.15, 0.2) is 0 Å². The summed E-state index contributed by atoms with van der Waals surface area (Å²) >= 11 is 0. The maximum Gasteiger partial charge on any atom is 0.269 e. The van der Waals surface area contributed by atoms with E-state index in [1.54, 1.807) is 4.68 Å². The van der Waals surface area contributed by atoms with Crippen LogP contribution in [-0.4, -0.2) is 33.4 Å². The van der Waals surface area contributed by atoms with Gasteiger partial charge in [-0.25, -0.2) is 0 Å². The molecule has 5 heteroatoms. The number of nitrogens with one attached hydrogen (secondary N) is 1.